The van der Waals surface area contributed by atoms with Crippen molar-refractivity contribution in [2.45, 2.75) is 26.0 Å². The number of esters is 1. The second-order valence-corrected chi connectivity index (χ2v) is 4.40. The van der Waals surface area contributed by atoms with E-state index in [9.17, 15) is 23.1 Å². The van der Waals surface area contributed by atoms with Crippen LogP contribution < -0.4 is 0 Å². The first kappa shape index (κ1) is 17.2. The Morgan fingerprint density at radius 1 is 1.33 bits per heavy atom. The number of rotatable bonds is 6. The fraction of sp³-hybridized carbons (Fsp3) is 0.357. The third-order valence-electron chi connectivity index (χ3n) is 2.39. The van der Waals surface area contributed by atoms with Crippen LogP contribution in [-0.2, 0) is 16.1 Å². The zero-order valence-electron chi connectivity index (χ0n) is 11.3. The Labute approximate surface area is 119 Å². The van der Waals surface area contributed by atoms with Crippen molar-refractivity contribution in [1.29, 1.82) is 0 Å². The number of ether oxygens (including phenoxy) is 2. The van der Waals surface area contributed by atoms with E-state index in [0.29, 0.717) is 11.1 Å². The SMILES string of the molecule is C=C(C)C(O)OCc1ccc(C(=O)OCC(F)(F)F)cc1. The van der Waals surface area contributed by atoms with Crippen molar-refractivity contribution in [1.82, 2.24) is 0 Å². The Bertz CT molecular complexity index is 494. The minimum Gasteiger partial charge on any atom is -0.452 e. The van der Waals surface area contributed by atoms with Crippen LogP contribution in [0.15, 0.2) is 36.4 Å². The highest BCUT2D eigenvalue weighted by Gasteiger charge is 2.29. The second kappa shape index (κ2) is 7.24. The Hall–Kier alpha value is -1.86. The first-order chi connectivity index (χ1) is 9.69. The number of aliphatic hydroxyl groups is 1. The van der Waals surface area contributed by atoms with Crippen LogP contribution in [0.4, 0.5) is 13.2 Å². The summed E-state index contributed by atoms with van der Waals surface area (Å²) in [5.74, 6) is -1.05. The molecule has 0 bridgehead atoms. The molecule has 7 heteroatoms. The van der Waals surface area contributed by atoms with Gasteiger partial charge in [0.2, 0.25) is 0 Å². The van der Waals surface area contributed by atoms with E-state index in [1.54, 1.807) is 6.92 Å². The zero-order chi connectivity index (χ0) is 16.0. The van der Waals surface area contributed by atoms with Crippen LogP contribution in [0.5, 0.6) is 0 Å². The Balaban J connectivity index is 2.53. The van der Waals surface area contributed by atoms with Gasteiger partial charge >= 0.3 is 12.1 Å². The maximum atomic E-state index is 11.9. The third-order valence-corrected chi connectivity index (χ3v) is 2.39. The normalized spacial score (nSPS) is 12.8. The molecule has 0 radical (unpaired) electrons. The smallest absolute Gasteiger partial charge is 0.422 e. The molecule has 0 aliphatic heterocycles. The van der Waals surface area contributed by atoms with Gasteiger partial charge in [0.1, 0.15) is 0 Å². The summed E-state index contributed by atoms with van der Waals surface area (Å²) in [6.45, 7) is 3.57. The van der Waals surface area contributed by atoms with Crippen molar-refractivity contribution in [2.24, 2.45) is 0 Å². The molecule has 0 saturated heterocycles. The van der Waals surface area contributed by atoms with Crippen LogP contribution in [0.3, 0.4) is 0 Å². The summed E-state index contributed by atoms with van der Waals surface area (Å²) in [7, 11) is 0. The van der Waals surface area contributed by atoms with Crippen LogP contribution in [0, 0.1) is 0 Å². The van der Waals surface area contributed by atoms with Crippen molar-refractivity contribution in [3.05, 3.63) is 47.5 Å². The Kier molecular flexibility index (Phi) is 5.92. The number of halogens is 3. The molecule has 21 heavy (non-hydrogen) atoms. The fourth-order valence-corrected chi connectivity index (χ4v) is 1.29. The summed E-state index contributed by atoms with van der Waals surface area (Å²) < 4.78 is 44.9. The van der Waals surface area contributed by atoms with Gasteiger partial charge in [-0.05, 0) is 30.2 Å². The molecule has 1 aromatic carbocycles. The van der Waals surface area contributed by atoms with Gasteiger partial charge in [0.15, 0.2) is 12.9 Å². The Morgan fingerprint density at radius 3 is 2.38 bits per heavy atom. The number of hydrogen-bond acceptors (Lipinski definition) is 4. The largest absolute Gasteiger partial charge is 0.452 e. The van der Waals surface area contributed by atoms with Crippen LogP contribution >= 0.6 is 0 Å². The highest BCUT2D eigenvalue weighted by Crippen LogP contribution is 2.16. The molecule has 0 spiro atoms. The summed E-state index contributed by atoms with van der Waals surface area (Å²) in [6, 6.07) is 5.64. The maximum absolute atomic E-state index is 11.9. The van der Waals surface area contributed by atoms with Gasteiger partial charge in [0, 0.05) is 0 Å². The van der Waals surface area contributed by atoms with E-state index >= 15 is 0 Å². The van der Waals surface area contributed by atoms with E-state index in [-0.39, 0.29) is 12.2 Å². The molecule has 1 rings (SSSR count). The Morgan fingerprint density at radius 2 is 1.90 bits per heavy atom. The minimum absolute atomic E-state index is 0.00319. The van der Waals surface area contributed by atoms with E-state index in [2.05, 4.69) is 11.3 Å². The highest BCUT2D eigenvalue weighted by molar-refractivity contribution is 5.89. The molecule has 0 aliphatic rings. The first-order valence-electron chi connectivity index (χ1n) is 5.97. The van der Waals surface area contributed by atoms with Gasteiger partial charge in [-0.25, -0.2) is 4.79 Å². The van der Waals surface area contributed by atoms with Gasteiger partial charge < -0.3 is 14.6 Å². The molecule has 0 saturated carbocycles. The summed E-state index contributed by atoms with van der Waals surface area (Å²) >= 11 is 0. The molecular formula is C14H15F3O4. The molecule has 1 N–H and O–H groups in total. The molecule has 0 amide bonds. The number of aliphatic hydroxyl groups excluding tert-OH is 1. The monoisotopic (exact) mass is 304 g/mol. The number of carbonyl (C=O) groups is 1. The van der Waals surface area contributed by atoms with Crippen molar-refractivity contribution >= 4 is 5.97 Å². The van der Waals surface area contributed by atoms with E-state index < -0.39 is 25.0 Å². The van der Waals surface area contributed by atoms with Gasteiger partial charge in [-0.3, -0.25) is 0 Å². The molecule has 0 heterocycles. The van der Waals surface area contributed by atoms with Crippen molar-refractivity contribution < 1.29 is 32.5 Å². The quantitative estimate of drug-likeness (QED) is 0.499. The molecule has 0 aromatic heterocycles. The maximum Gasteiger partial charge on any atom is 0.422 e. The van der Waals surface area contributed by atoms with Crippen molar-refractivity contribution in [3.63, 3.8) is 0 Å². The van der Waals surface area contributed by atoms with Crippen LogP contribution in [-0.4, -0.2) is 30.1 Å². The second-order valence-electron chi connectivity index (χ2n) is 4.40. The summed E-state index contributed by atoms with van der Waals surface area (Å²) in [5.41, 5.74) is 1.09. The van der Waals surface area contributed by atoms with Gasteiger partial charge in [0.05, 0.1) is 12.2 Å². The zero-order valence-corrected chi connectivity index (χ0v) is 11.3. The van der Waals surface area contributed by atoms with E-state index in [1.807, 2.05) is 0 Å². The summed E-state index contributed by atoms with van der Waals surface area (Å²) in [5, 5.41) is 9.37. The molecule has 0 fully saturated rings. The van der Waals surface area contributed by atoms with Crippen LogP contribution in [0.1, 0.15) is 22.8 Å². The van der Waals surface area contributed by atoms with Crippen molar-refractivity contribution in [2.75, 3.05) is 6.61 Å². The first-order valence-corrected chi connectivity index (χ1v) is 5.97. The van der Waals surface area contributed by atoms with Crippen LogP contribution in [0.25, 0.3) is 0 Å². The molecule has 1 aromatic rings. The predicted molar refractivity (Wildman–Crippen MR) is 68.4 cm³/mol. The molecular weight excluding hydrogens is 289 g/mol. The molecule has 1 unspecified atom stereocenters. The predicted octanol–water partition coefficient (Wildman–Crippen LogP) is 2.82. The average Bonchev–Trinajstić information content (AvgIpc) is 2.41. The van der Waals surface area contributed by atoms with Gasteiger partial charge in [-0.15, -0.1) is 0 Å². The topological polar surface area (TPSA) is 55.8 Å². The molecule has 4 nitrogen and oxygen atoms in total. The summed E-state index contributed by atoms with van der Waals surface area (Å²) in [4.78, 5) is 11.4. The van der Waals surface area contributed by atoms with Gasteiger partial charge in [-0.1, -0.05) is 18.7 Å². The lowest BCUT2D eigenvalue weighted by Crippen LogP contribution is -2.20. The number of alkyl halides is 3. The van der Waals surface area contributed by atoms with Crippen molar-refractivity contribution in [3.8, 4) is 0 Å². The average molecular weight is 304 g/mol. The lowest BCUT2D eigenvalue weighted by atomic mass is 10.1. The third kappa shape index (κ3) is 6.42. The molecule has 1 atom stereocenters. The van der Waals surface area contributed by atoms with Crippen LogP contribution in [0.2, 0.25) is 0 Å². The van der Waals surface area contributed by atoms with Gasteiger partial charge in [-0.2, -0.15) is 13.2 Å². The van der Waals surface area contributed by atoms with E-state index in [4.69, 9.17) is 4.74 Å². The van der Waals surface area contributed by atoms with Gasteiger partial charge in [0.25, 0.3) is 0 Å². The minimum atomic E-state index is -4.55. The number of benzene rings is 1. The van der Waals surface area contributed by atoms with E-state index in [1.165, 1.54) is 24.3 Å². The number of carbonyl (C=O) groups excluding carboxylic acids is 1. The highest BCUT2D eigenvalue weighted by atomic mass is 19.4. The fourth-order valence-electron chi connectivity index (χ4n) is 1.29. The summed E-state index contributed by atoms with van der Waals surface area (Å²) in [6.07, 6.45) is -5.65. The lowest BCUT2D eigenvalue weighted by Gasteiger charge is -2.12. The van der Waals surface area contributed by atoms with E-state index in [0.717, 1.165) is 0 Å². The number of hydrogen-bond donors (Lipinski definition) is 1. The lowest BCUT2D eigenvalue weighted by molar-refractivity contribution is -0.161. The molecule has 116 valence electrons. The standard InChI is InChI=1S/C14H15F3O4/c1-9(2)12(18)20-7-10-3-5-11(6-4-10)13(19)21-8-14(15,16)17/h3-6,12,18H,1,7-8H2,2H3. The molecule has 0 aliphatic carbocycles.